The molecule has 2 rings (SSSR count). The van der Waals surface area contributed by atoms with Crippen LogP contribution in [0.1, 0.15) is 11.3 Å². The highest BCUT2D eigenvalue weighted by Crippen LogP contribution is 2.40. The topological polar surface area (TPSA) is 62.4 Å². The molecule has 6 nitrogen and oxygen atoms in total. The third kappa shape index (κ3) is 5.66. The van der Waals surface area contributed by atoms with Gasteiger partial charge in [-0.3, -0.25) is 10.00 Å². The van der Waals surface area contributed by atoms with Crippen LogP contribution < -0.4 is 10.1 Å². The van der Waals surface area contributed by atoms with Gasteiger partial charge >= 0.3 is 6.18 Å². The lowest BCUT2D eigenvalue weighted by molar-refractivity contribution is -0.139. The Bertz CT molecular complexity index is 765. The summed E-state index contributed by atoms with van der Waals surface area (Å²) < 4.78 is 65.0. The van der Waals surface area contributed by atoms with Gasteiger partial charge in [-0.2, -0.15) is 18.3 Å². The number of aromatic nitrogens is 2. The molecule has 0 spiro atoms. The number of likely N-dealkylation sites (N-methyl/N-ethyl adjacent to an activating group) is 2. The molecule has 0 bridgehead atoms. The number of halogens is 4. The van der Waals surface area contributed by atoms with Gasteiger partial charge < -0.3 is 14.8 Å². The first-order valence-electron chi connectivity index (χ1n) is 8.66. The minimum atomic E-state index is -4.70. The molecule has 1 aromatic heterocycles. The highest BCUT2D eigenvalue weighted by atomic mass is 19.4. The SMILES string of the molecule is CNCCN(C)Cc1n[nH]cc1-c1cc(C(F)(F)F)c(OCCOC)cc1F. The van der Waals surface area contributed by atoms with Crippen molar-refractivity contribution >= 4 is 0 Å². The van der Waals surface area contributed by atoms with Crippen LogP contribution in [0.4, 0.5) is 17.6 Å². The van der Waals surface area contributed by atoms with E-state index in [1.807, 2.05) is 19.0 Å². The molecule has 0 aliphatic rings. The van der Waals surface area contributed by atoms with E-state index in [-0.39, 0.29) is 24.3 Å². The van der Waals surface area contributed by atoms with Crippen LogP contribution in [0.15, 0.2) is 18.3 Å². The van der Waals surface area contributed by atoms with Crippen LogP contribution >= 0.6 is 0 Å². The van der Waals surface area contributed by atoms with Gasteiger partial charge in [0.05, 0.1) is 17.9 Å². The van der Waals surface area contributed by atoms with Gasteiger partial charge in [0.1, 0.15) is 18.2 Å². The van der Waals surface area contributed by atoms with Crippen LogP contribution in [0.25, 0.3) is 11.1 Å². The van der Waals surface area contributed by atoms with Crippen LogP contribution in [0.5, 0.6) is 5.75 Å². The first-order chi connectivity index (χ1) is 13.3. The highest BCUT2D eigenvalue weighted by molar-refractivity contribution is 5.68. The second kappa shape index (κ2) is 9.85. The third-order valence-corrected chi connectivity index (χ3v) is 4.09. The molecule has 10 heteroatoms. The van der Waals surface area contributed by atoms with E-state index in [9.17, 15) is 17.6 Å². The molecule has 0 radical (unpaired) electrons. The van der Waals surface area contributed by atoms with Gasteiger partial charge in [-0.05, 0) is 20.2 Å². The van der Waals surface area contributed by atoms with Crippen molar-refractivity contribution in [1.29, 1.82) is 0 Å². The van der Waals surface area contributed by atoms with E-state index in [1.165, 1.54) is 13.3 Å². The average Bonchev–Trinajstić information content (AvgIpc) is 3.07. The second-order valence-electron chi connectivity index (χ2n) is 6.25. The zero-order valence-corrected chi connectivity index (χ0v) is 16.0. The zero-order valence-electron chi connectivity index (χ0n) is 16.0. The number of alkyl halides is 3. The van der Waals surface area contributed by atoms with Gasteiger partial charge in [-0.25, -0.2) is 4.39 Å². The first kappa shape index (κ1) is 22.1. The number of hydrogen-bond donors (Lipinski definition) is 2. The number of hydrogen-bond acceptors (Lipinski definition) is 5. The molecule has 0 atom stereocenters. The summed E-state index contributed by atoms with van der Waals surface area (Å²) in [6.45, 7) is 1.76. The number of benzene rings is 1. The maximum absolute atomic E-state index is 14.7. The van der Waals surface area contributed by atoms with Crippen molar-refractivity contribution < 1.29 is 27.0 Å². The van der Waals surface area contributed by atoms with Crippen molar-refractivity contribution in [2.45, 2.75) is 12.7 Å². The maximum Gasteiger partial charge on any atom is 0.419 e. The summed E-state index contributed by atoms with van der Waals surface area (Å²) in [5.74, 6) is -1.39. The summed E-state index contributed by atoms with van der Waals surface area (Å²) >= 11 is 0. The average molecular weight is 404 g/mol. The van der Waals surface area contributed by atoms with Crippen molar-refractivity contribution in [2.24, 2.45) is 0 Å². The molecule has 156 valence electrons. The predicted octanol–water partition coefficient (Wildman–Crippen LogP) is 2.91. The van der Waals surface area contributed by atoms with E-state index in [0.717, 1.165) is 18.7 Å². The molecule has 28 heavy (non-hydrogen) atoms. The molecule has 0 aliphatic heterocycles. The zero-order chi connectivity index (χ0) is 20.7. The lowest BCUT2D eigenvalue weighted by Gasteiger charge is -2.18. The first-order valence-corrected chi connectivity index (χ1v) is 8.66. The van der Waals surface area contributed by atoms with E-state index in [2.05, 4.69) is 15.5 Å². The van der Waals surface area contributed by atoms with Gasteiger partial charge in [0.25, 0.3) is 0 Å². The Hall–Kier alpha value is -2.17. The van der Waals surface area contributed by atoms with Crippen LogP contribution in [0.3, 0.4) is 0 Å². The molecule has 0 unspecified atom stereocenters. The quantitative estimate of drug-likeness (QED) is 0.471. The summed E-state index contributed by atoms with van der Waals surface area (Å²) in [4.78, 5) is 1.93. The van der Waals surface area contributed by atoms with E-state index in [4.69, 9.17) is 9.47 Å². The number of aromatic amines is 1. The standard InChI is InChI=1S/C18H24F4N4O2/c1-23-4-5-26(2)11-16-13(10-24-25-16)12-8-14(18(20,21)22)17(9-15(12)19)28-7-6-27-3/h8-10,23H,4-7,11H2,1-3H3,(H,24,25). The smallest absolute Gasteiger partial charge is 0.419 e. The van der Waals surface area contributed by atoms with E-state index in [0.29, 0.717) is 18.8 Å². The summed E-state index contributed by atoms with van der Waals surface area (Å²) in [6, 6.07) is 1.52. The monoisotopic (exact) mass is 404 g/mol. The summed E-state index contributed by atoms with van der Waals surface area (Å²) in [5, 5.41) is 9.69. The van der Waals surface area contributed by atoms with Crippen LogP contribution in [0, 0.1) is 5.82 Å². The van der Waals surface area contributed by atoms with Crippen LogP contribution in [-0.2, 0) is 17.5 Å². The van der Waals surface area contributed by atoms with Crippen molar-refractivity contribution in [3.8, 4) is 16.9 Å². The molecule has 0 saturated heterocycles. The van der Waals surface area contributed by atoms with Crippen molar-refractivity contribution in [3.05, 3.63) is 35.4 Å². The molecule has 0 fully saturated rings. The number of rotatable bonds is 10. The number of nitrogens with one attached hydrogen (secondary N) is 2. The van der Waals surface area contributed by atoms with Gasteiger partial charge in [-0.1, -0.05) is 0 Å². The number of methoxy groups -OCH3 is 1. The Morgan fingerprint density at radius 1 is 1.21 bits per heavy atom. The van der Waals surface area contributed by atoms with Crippen LogP contribution in [-0.4, -0.2) is 62.6 Å². The van der Waals surface area contributed by atoms with Crippen molar-refractivity contribution in [1.82, 2.24) is 20.4 Å². The molecular weight excluding hydrogens is 380 g/mol. The van der Waals surface area contributed by atoms with Gasteiger partial charge in [0, 0.05) is 50.1 Å². The molecule has 0 saturated carbocycles. The fourth-order valence-electron chi connectivity index (χ4n) is 2.65. The third-order valence-electron chi connectivity index (χ3n) is 4.09. The Labute approximate surface area is 160 Å². The fourth-order valence-corrected chi connectivity index (χ4v) is 2.65. The second-order valence-corrected chi connectivity index (χ2v) is 6.25. The molecule has 0 amide bonds. The minimum absolute atomic E-state index is 0.0888. The minimum Gasteiger partial charge on any atom is -0.490 e. The van der Waals surface area contributed by atoms with Crippen molar-refractivity contribution in [2.75, 3.05) is 47.5 Å². The fraction of sp³-hybridized carbons (Fsp3) is 0.500. The Balaban J connectivity index is 2.37. The predicted molar refractivity (Wildman–Crippen MR) is 96.6 cm³/mol. The molecule has 1 aromatic carbocycles. The lowest BCUT2D eigenvalue weighted by atomic mass is 10.0. The summed E-state index contributed by atoms with van der Waals surface area (Å²) in [7, 11) is 5.06. The van der Waals surface area contributed by atoms with E-state index >= 15 is 0 Å². The lowest BCUT2D eigenvalue weighted by Crippen LogP contribution is -2.27. The Morgan fingerprint density at radius 2 is 1.96 bits per heavy atom. The Morgan fingerprint density at radius 3 is 2.61 bits per heavy atom. The maximum atomic E-state index is 14.7. The normalized spacial score (nSPS) is 12.0. The van der Waals surface area contributed by atoms with Gasteiger partial charge in [-0.15, -0.1) is 0 Å². The summed E-state index contributed by atoms with van der Waals surface area (Å²) in [5.41, 5.74) is -0.491. The Kier molecular flexibility index (Phi) is 7.78. The molecule has 0 aliphatic carbocycles. The largest absolute Gasteiger partial charge is 0.490 e. The summed E-state index contributed by atoms with van der Waals surface area (Å²) in [6.07, 6.45) is -3.30. The highest BCUT2D eigenvalue weighted by Gasteiger charge is 2.36. The number of ether oxygens (including phenoxy) is 2. The van der Waals surface area contributed by atoms with Gasteiger partial charge in [0.2, 0.25) is 0 Å². The molecular formula is C18H24F4N4O2. The van der Waals surface area contributed by atoms with Crippen LogP contribution in [0.2, 0.25) is 0 Å². The van der Waals surface area contributed by atoms with Gasteiger partial charge in [0.15, 0.2) is 0 Å². The molecule has 2 aromatic rings. The number of H-pyrrole nitrogens is 1. The number of nitrogens with zero attached hydrogens (tertiary/aromatic N) is 2. The van der Waals surface area contributed by atoms with E-state index in [1.54, 1.807) is 0 Å². The molecule has 2 N–H and O–H groups in total. The molecule has 1 heterocycles. The van der Waals surface area contributed by atoms with E-state index < -0.39 is 23.3 Å². The van der Waals surface area contributed by atoms with Crippen molar-refractivity contribution in [3.63, 3.8) is 0 Å².